The summed E-state index contributed by atoms with van der Waals surface area (Å²) in [5.41, 5.74) is 1.36. The lowest BCUT2D eigenvalue weighted by atomic mass is 10.1. The van der Waals surface area contributed by atoms with Gasteiger partial charge < -0.3 is 10.1 Å². The van der Waals surface area contributed by atoms with Gasteiger partial charge in [0.15, 0.2) is 0 Å². The number of hydrogen-bond donors (Lipinski definition) is 1. The topological polar surface area (TPSA) is 24.5 Å². The first-order chi connectivity index (χ1) is 9.04. The molecule has 106 valence electrons. The highest BCUT2D eigenvalue weighted by atomic mass is 16.5. The lowest BCUT2D eigenvalue weighted by Crippen LogP contribution is -2.53. The van der Waals surface area contributed by atoms with Crippen molar-refractivity contribution in [2.75, 3.05) is 13.1 Å². The van der Waals surface area contributed by atoms with Gasteiger partial charge in [0, 0.05) is 31.7 Å². The third-order valence-electron chi connectivity index (χ3n) is 3.57. The van der Waals surface area contributed by atoms with Gasteiger partial charge in [0.25, 0.3) is 0 Å². The van der Waals surface area contributed by atoms with Crippen molar-refractivity contribution in [3.63, 3.8) is 0 Å². The largest absolute Gasteiger partial charge is 0.491 e. The van der Waals surface area contributed by atoms with Crippen LogP contribution in [0.3, 0.4) is 0 Å². The Labute approximate surface area is 116 Å². The fourth-order valence-corrected chi connectivity index (χ4v) is 2.50. The zero-order valence-electron chi connectivity index (χ0n) is 12.5. The molecule has 3 nitrogen and oxygen atoms in total. The molecule has 2 atom stereocenters. The van der Waals surface area contributed by atoms with Crippen molar-refractivity contribution in [3.05, 3.63) is 29.8 Å². The Morgan fingerprint density at radius 1 is 1.26 bits per heavy atom. The number of benzene rings is 1. The summed E-state index contributed by atoms with van der Waals surface area (Å²) >= 11 is 0. The molecule has 0 bridgehead atoms. The van der Waals surface area contributed by atoms with Crippen molar-refractivity contribution >= 4 is 0 Å². The van der Waals surface area contributed by atoms with Gasteiger partial charge in [-0.25, -0.2) is 0 Å². The van der Waals surface area contributed by atoms with Crippen LogP contribution in [0.25, 0.3) is 0 Å². The molecule has 1 aromatic rings. The van der Waals surface area contributed by atoms with Crippen LogP contribution in [0.2, 0.25) is 0 Å². The van der Waals surface area contributed by atoms with Crippen molar-refractivity contribution < 1.29 is 4.74 Å². The van der Waals surface area contributed by atoms with E-state index in [9.17, 15) is 0 Å². The number of piperazine rings is 1. The molecule has 1 fully saturated rings. The van der Waals surface area contributed by atoms with Crippen molar-refractivity contribution in [2.24, 2.45) is 0 Å². The monoisotopic (exact) mass is 262 g/mol. The van der Waals surface area contributed by atoms with Crippen LogP contribution >= 0.6 is 0 Å². The van der Waals surface area contributed by atoms with Gasteiger partial charge >= 0.3 is 0 Å². The normalized spacial score (nSPS) is 24.7. The van der Waals surface area contributed by atoms with Crippen LogP contribution in [-0.2, 0) is 6.54 Å². The first-order valence-electron chi connectivity index (χ1n) is 7.27. The van der Waals surface area contributed by atoms with E-state index in [4.69, 9.17) is 4.74 Å². The number of ether oxygens (including phenoxy) is 1. The van der Waals surface area contributed by atoms with E-state index in [1.54, 1.807) is 0 Å². The van der Waals surface area contributed by atoms with Crippen LogP contribution in [-0.4, -0.2) is 36.2 Å². The van der Waals surface area contributed by atoms with Crippen molar-refractivity contribution in [1.82, 2.24) is 10.2 Å². The third kappa shape index (κ3) is 4.22. The second-order valence-electron chi connectivity index (χ2n) is 5.90. The first kappa shape index (κ1) is 14.4. The standard InChI is InChI=1S/C16H26N2O/c1-12(2)19-16-7-5-15(6-8-16)11-18-10-13(3)17-9-14(18)4/h5-8,12-14,17H,9-11H2,1-4H3. The highest BCUT2D eigenvalue weighted by Crippen LogP contribution is 2.17. The van der Waals surface area contributed by atoms with E-state index in [0.717, 1.165) is 25.4 Å². The summed E-state index contributed by atoms with van der Waals surface area (Å²) < 4.78 is 5.67. The SMILES string of the molecule is CC1CN(Cc2ccc(OC(C)C)cc2)C(C)CN1. The van der Waals surface area contributed by atoms with Crippen LogP contribution in [0.4, 0.5) is 0 Å². The highest BCUT2D eigenvalue weighted by Gasteiger charge is 2.21. The minimum absolute atomic E-state index is 0.236. The molecule has 0 amide bonds. The van der Waals surface area contributed by atoms with Crippen LogP contribution < -0.4 is 10.1 Å². The summed E-state index contributed by atoms with van der Waals surface area (Å²) in [5, 5.41) is 3.52. The molecule has 1 N–H and O–H groups in total. The minimum Gasteiger partial charge on any atom is -0.491 e. The van der Waals surface area contributed by atoms with E-state index in [1.807, 2.05) is 0 Å². The van der Waals surface area contributed by atoms with Gasteiger partial charge in [-0.2, -0.15) is 0 Å². The molecule has 3 heteroatoms. The molecule has 1 aromatic carbocycles. The van der Waals surface area contributed by atoms with Gasteiger partial charge in [0.2, 0.25) is 0 Å². The Bertz CT molecular complexity index is 388. The number of nitrogens with zero attached hydrogens (tertiary/aromatic N) is 1. The zero-order chi connectivity index (χ0) is 13.8. The summed E-state index contributed by atoms with van der Waals surface area (Å²) in [4.78, 5) is 2.54. The first-order valence-corrected chi connectivity index (χ1v) is 7.27. The van der Waals surface area contributed by atoms with Crippen LogP contribution in [0.15, 0.2) is 24.3 Å². The predicted octanol–water partition coefficient (Wildman–Crippen LogP) is 2.66. The van der Waals surface area contributed by atoms with Crippen LogP contribution in [0, 0.1) is 0 Å². The van der Waals surface area contributed by atoms with E-state index in [1.165, 1.54) is 5.56 Å². The number of nitrogens with one attached hydrogen (secondary N) is 1. The minimum atomic E-state index is 0.236. The Kier molecular flexibility index (Phi) is 4.83. The van der Waals surface area contributed by atoms with Gasteiger partial charge in [-0.3, -0.25) is 4.90 Å². The molecule has 1 aliphatic rings. The molecule has 0 aromatic heterocycles. The number of rotatable bonds is 4. The van der Waals surface area contributed by atoms with E-state index < -0.39 is 0 Å². The van der Waals surface area contributed by atoms with Crippen molar-refractivity contribution in [3.8, 4) is 5.75 Å². The Morgan fingerprint density at radius 2 is 1.95 bits per heavy atom. The second kappa shape index (κ2) is 6.40. The maximum atomic E-state index is 5.67. The summed E-state index contributed by atoms with van der Waals surface area (Å²) in [6.45, 7) is 11.9. The van der Waals surface area contributed by atoms with Gasteiger partial charge in [0.05, 0.1) is 6.10 Å². The van der Waals surface area contributed by atoms with Crippen molar-refractivity contribution in [1.29, 1.82) is 0 Å². The van der Waals surface area contributed by atoms with E-state index >= 15 is 0 Å². The molecule has 1 aliphatic heterocycles. The van der Waals surface area contributed by atoms with Gasteiger partial charge in [-0.05, 0) is 45.4 Å². The molecule has 2 unspecified atom stereocenters. The summed E-state index contributed by atoms with van der Waals surface area (Å²) in [5.74, 6) is 0.959. The van der Waals surface area contributed by atoms with Crippen LogP contribution in [0.5, 0.6) is 5.75 Å². The Hall–Kier alpha value is -1.06. The maximum absolute atomic E-state index is 5.67. The highest BCUT2D eigenvalue weighted by molar-refractivity contribution is 5.27. The lowest BCUT2D eigenvalue weighted by Gasteiger charge is -2.37. The molecule has 1 saturated heterocycles. The summed E-state index contributed by atoms with van der Waals surface area (Å²) in [6, 6.07) is 9.69. The second-order valence-corrected chi connectivity index (χ2v) is 5.90. The molecule has 0 spiro atoms. The van der Waals surface area contributed by atoms with Gasteiger partial charge in [-0.15, -0.1) is 0 Å². The third-order valence-corrected chi connectivity index (χ3v) is 3.57. The summed E-state index contributed by atoms with van der Waals surface area (Å²) in [6.07, 6.45) is 0.236. The fourth-order valence-electron chi connectivity index (χ4n) is 2.50. The van der Waals surface area contributed by atoms with Gasteiger partial charge in [-0.1, -0.05) is 12.1 Å². The Morgan fingerprint density at radius 3 is 2.58 bits per heavy atom. The van der Waals surface area contributed by atoms with E-state index in [-0.39, 0.29) is 6.10 Å². The average molecular weight is 262 g/mol. The zero-order valence-corrected chi connectivity index (χ0v) is 12.5. The average Bonchev–Trinajstić information content (AvgIpc) is 2.35. The molecular formula is C16H26N2O. The molecule has 19 heavy (non-hydrogen) atoms. The van der Waals surface area contributed by atoms with E-state index in [2.05, 4.69) is 62.2 Å². The fraction of sp³-hybridized carbons (Fsp3) is 0.625. The molecular weight excluding hydrogens is 236 g/mol. The van der Waals surface area contributed by atoms with E-state index in [0.29, 0.717) is 12.1 Å². The van der Waals surface area contributed by atoms with Crippen molar-refractivity contribution in [2.45, 2.75) is 52.4 Å². The van der Waals surface area contributed by atoms with Crippen LogP contribution in [0.1, 0.15) is 33.3 Å². The smallest absolute Gasteiger partial charge is 0.119 e. The number of hydrogen-bond acceptors (Lipinski definition) is 3. The summed E-state index contributed by atoms with van der Waals surface area (Å²) in [7, 11) is 0. The maximum Gasteiger partial charge on any atom is 0.119 e. The lowest BCUT2D eigenvalue weighted by molar-refractivity contribution is 0.139. The molecule has 0 saturated carbocycles. The molecule has 0 aliphatic carbocycles. The molecule has 2 rings (SSSR count). The molecule has 1 heterocycles. The predicted molar refractivity (Wildman–Crippen MR) is 79.5 cm³/mol. The Balaban J connectivity index is 1.95. The van der Waals surface area contributed by atoms with Gasteiger partial charge in [0.1, 0.15) is 5.75 Å². The molecule has 0 radical (unpaired) electrons. The quantitative estimate of drug-likeness (QED) is 0.903.